The fourth-order valence-electron chi connectivity index (χ4n) is 2.48. The molecule has 0 aliphatic carbocycles. The summed E-state index contributed by atoms with van der Waals surface area (Å²) in [6, 6.07) is 5.59. The summed E-state index contributed by atoms with van der Waals surface area (Å²) in [5.41, 5.74) is 1.11. The van der Waals surface area contributed by atoms with Crippen molar-refractivity contribution in [1.82, 2.24) is 4.57 Å². The number of fused-ring (bicyclic) bond motifs is 1. The van der Waals surface area contributed by atoms with Crippen LogP contribution in [-0.2, 0) is 0 Å². The topological polar surface area (TPSA) is 31.2 Å². The highest BCUT2D eigenvalue weighted by molar-refractivity contribution is 7.10. The van der Waals surface area contributed by atoms with E-state index in [2.05, 4.69) is 0 Å². The van der Waals surface area contributed by atoms with Crippen molar-refractivity contribution in [3.05, 3.63) is 51.6 Å². The molecule has 0 fully saturated rings. The van der Waals surface area contributed by atoms with Crippen LogP contribution < -0.4 is 4.74 Å². The van der Waals surface area contributed by atoms with E-state index in [-0.39, 0.29) is 16.2 Å². The summed E-state index contributed by atoms with van der Waals surface area (Å²) in [5.74, 6) is -0.978. The van der Waals surface area contributed by atoms with Crippen molar-refractivity contribution in [2.24, 2.45) is 0 Å². The van der Waals surface area contributed by atoms with Crippen molar-refractivity contribution < 1.29 is 22.7 Å². The number of benzene rings is 1. The molecule has 0 amide bonds. The van der Waals surface area contributed by atoms with Crippen molar-refractivity contribution in [1.29, 1.82) is 0 Å². The molecule has 0 radical (unpaired) electrons. The Balaban J connectivity index is 2.12. The van der Waals surface area contributed by atoms with Crippen LogP contribution in [0.5, 0.6) is 5.75 Å². The van der Waals surface area contributed by atoms with Gasteiger partial charge >= 0.3 is 0 Å². The van der Waals surface area contributed by atoms with Crippen molar-refractivity contribution >= 4 is 28.1 Å². The van der Waals surface area contributed by atoms with Crippen molar-refractivity contribution in [3.63, 3.8) is 0 Å². The molecule has 3 rings (SSSR count). The Morgan fingerprint density at radius 2 is 2.00 bits per heavy atom. The number of aromatic nitrogens is 1. The SMILES string of the molecule is COc1cc2cc(C)n(C(=O)c3csc(C(F)F)c3)c2cc1F. The molecular formula is C16H12F3NO2S. The fourth-order valence-corrected chi connectivity index (χ4v) is 3.21. The molecule has 3 nitrogen and oxygen atoms in total. The smallest absolute Gasteiger partial charge is 0.272 e. The number of aryl methyl sites for hydroxylation is 1. The number of halogens is 3. The summed E-state index contributed by atoms with van der Waals surface area (Å²) in [5, 5.41) is 2.02. The first kappa shape index (κ1) is 15.6. The third-order valence-corrected chi connectivity index (χ3v) is 4.48. The highest BCUT2D eigenvalue weighted by Gasteiger charge is 2.20. The largest absolute Gasteiger partial charge is 0.494 e. The van der Waals surface area contributed by atoms with Crippen LogP contribution in [0.3, 0.4) is 0 Å². The average molecular weight is 339 g/mol. The van der Waals surface area contributed by atoms with Crippen molar-refractivity contribution in [2.75, 3.05) is 7.11 Å². The second kappa shape index (κ2) is 5.73. The minimum atomic E-state index is -2.62. The van der Waals surface area contributed by atoms with E-state index in [1.165, 1.54) is 35.3 Å². The van der Waals surface area contributed by atoms with Gasteiger partial charge in [-0.2, -0.15) is 0 Å². The molecule has 7 heteroatoms. The number of rotatable bonds is 3. The summed E-state index contributed by atoms with van der Waals surface area (Å²) < 4.78 is 45.5. The van der Waals surface area contributed by atoms with Crippen LogP contribution in [-0.4, -0.2) is 17.6 Å². The van der Waals surface area contributed by atoms with Gasteiger partial charge in [0.25, 0.3) is 12.3 Å². The summed E-state index contributed by atoms with van der Waals surface area (Å²) >= 11 is 0.825. The summed E-state index contributed by atoms with van der Waals surface area (Å²) in [4.78, 5) is 12.4. The predicted octanol–water partition coefficient (Wildman–Crippen LogP) is 4.79. The third kappa shape index (κ3) is 2.61. The maximum Gasteiger partial charge on any atom is 0.272 e. The van der Waals surface area contributed by atoms with E-state index >= 15 is 0 Å². The van der Waals surface area contributed by atoms with Gasteiger partial charge in [-0.25, -0.2) is 13.2 Å². The molecule has 3 aromatic rings. The Labute approximate surface area is 133 Å². The number of thiophene rings is 1. The second-order valence-electron chi connectivity index (χ2n) is 5.01. The van der Waals surface area contributed by atoms with Gasteiger partial charge in [-0.05, 0) is 25.1 Å². The molecule has 0 bridgehead atoms. The van der Waals surface area contributed by atoms with Gasteiger partial charge in [-0.15, -0.1) is 11.3 Å². The first-order valence-electron chi connectivity index (χ1n) is 6.69. The van der Waals surface area contributed by atoms with Gasteiger partial charge in [-0.3, -0.25) is 9.36 Å². The highest BCUT2D eigenvalue weighted by Crippen LogP contribution is 2.30. The number of carbonyl (C=O) groups is 1. The molecule has 2 heterocycles. The number of hydrogen-bond acceptors (Lipinski definition) is 3. The maximum atomic E-state index is 13.9. The zero-order chi connectivity index (χ0) is 16.7. The Bertz CT molecular complexity index is 898. The molecule has 0 aliphatic heterocycles. The van der Waals surface area contributed by atoms with Gasteiger partial charge in [0.1, 0.15) is 0 Å². The molecule has 0 atom stereocenters. The number of methoxy groups -OCH3 is 1. The van der Waals surface area contributed by atoms with Gasteiger partial charge in [-0.1, -0.05) is 0 Å². The normalized spacial score (nSPS) is 11.4. The van der Waals surface area contributed by atoms with E-state index in [1.807, 2.05) is 0 Å². The molecule has 0 spiro atoms. The lowest BCUT2D eigenvalue weighted by molar-refractivity contribution is 0.0963. The average Bonchev–Trinajstić information content (AvgIpc) is 3.10. The van der Waals surface area contributed by atoms with E-state index in [0.29, 0.717) is 16.6 Å². The molecular weight excluding hydrogens is 327 g/mol. The third-order valence-electron chi connectivity index (χ3n) is 3.54. The highest BCUT2D eigenvalue weighted by atomic mass is 32.1. The molecule has 0 unspecified atom stereocenters. The number of hydrogen-bond donors (Lipinski definition) is 0. The molecule has 1 aromatic carbocycles. The first-order valence-corrected chi connectivity index (χ1v) is 7.57. The molecule has 0 aliphatic rings. The second-order valence-corrected chi connectivity index (χ2v) is 5.95. The van der Waals surface area contributed by atoms with Gasteiger partial charge in [0.2, 0.25) is 0 Å². The van der Waals surface area contributed by atoms with E-state index < -0.39 is 18.1 Å². The molecule has 0 saturated carbocycles. The maximum absolute atomic E-state index is 13.9. The lowest BCUT2D eigenvalue weighted by Gasteiger charge is -2.07. The van der Waals surface area contributed by atoms with Crippen LogP contribution in [0.15, 0.2) is 29.6 Å². The van der Waals surface area contributed by atoms with Crippen LogP contribution in [0, 0.1) is 12.7 Å². The van der Waals surface area contributed by atoms with Crippen LogP contribution in [0.25, 0.3) is 10.9 Å². The van der Waals surface area contributed by atoms with Gasteiger partial charge in [0.15, 0.2) is 11.6 Å². The molecule has 0 saturated heterocycles. The van der Waals surface area contributed by atoms with E-state index in [4.69, 9.17) is 4.74 Å². The van der Waals surface area contributed by atoms with Crippen LogP contribution in [0.2, 0.25) is 0 Å². The fraction of sp³-hybridized carbons (Fsp3) is 0.188. The Morgan fingerprint density at radius 3 is 2.61 bits per heavy atom. The summed E-state index contributed by atoms with van der Waals surface area (Å²) in [6.45, 7) is 1.70. The lowest BCUT2D eigenvalue weighted by atomic mass is 10.2. The van der Waals surface area contributed by atoms with E-state index in [1.54, 1.807) is 13.0 Å². The van der Waals surface area contributed by atoms with Crippen molar-refractivity contribution in [3.8, 4) is 5.75 Å². The quantitative estimate of drug-likeness (QED) is 0.687. The molecule has 0 N–H and O–H groups in total. The van der Waals surface area contributed by atoms with Crippen LogP contribution in [0.1, 0.15) is 27.4 Å². The first-order chi connectivity index (χ1) is 10.9. The Kier molecular flexibility index (Phi) is 3.89. The summed E-state index contributed by atoms with van der Waals surface area (Å²) in [7, 11) is 1.36. The van der Waals surface area contributed by atoms with Gasteiger partial charge < -0.3 is 4.74 Å². The minimum Gasteiger partial charge on any atom is -0.494 e. The van der Waals surface area contributed by atoms with Crippen LogP contribution in [0.4, 0.5) is 13.2 Å². The van der Waals surface area contributed by atoms with Crippen molar-refractivity contribution in [2.45, 2.75) is 13.3 Å². The van der Waals surface area contributed by atoms with E-state index in [9.17, 15) is 18.0 Å². The number of carbonyl (C=O) groups excluding carboxylic acids is 1. The Hall–Kier alpha value is -2.28. The number of alkyl halides is 2. The predicted molar refractivity (Wildman–Crippen MR) is 82.2 cm³/mol. The molecule has 2 aromatic heterocycles. The monoisotopic (exact) mass is 339 g/mol. The standard InChI is InChI=1S/C16H12F3NO2S/c1-8-3-9-4-13(22-2)11(17)6-12(9)20(8)16(21)10-5-14(15(18)19)23-7-10/h3-7,15H,1-2H3. The lowest BCUT2D eigenvalue weighted by Crippen LogP contribution is -2.12. The number of ether oxygens (including phenoxy) is 1. The molecule has 23 heavy (non-hydrogen) atoms. The molecule has 120 valence electrons. The van der Waals surface area contributed by atoms with E-state index in [0.717, 1.165) is 11.3 Å². The minimum absolute atomic E-state index is 0.0811. The number of nitrogens with zero attached hydrogens (tertiary/aromatic N) is 1. The zero-order valence-corrected chi connectivity index (χ0v) is 13.1. The van der Waals surface area contributed by atoms with Gasteiger partial charge in [0.05, 0.1) is 23.1 Å². The zero-order valence-electron chi connectivity index (χ0n) is 12.3. The Morgan fingerprint density at radius 1 is 1.26 bits per heavy atom. The summed E-state index contributed by atoms with van der Waals surface area (Å²) in [6.07, 6.45) is -2.62. The van der Waals surface area contributed by atoms with Crippen LogP contribution >= 0.6 is 11.3 Å². The van der Waals surface area contributed by atoms with Gasteiger partial charge in [0, 0.05) is 22.5 Å².